The molecule has 2 atom stereocenters. The number of nitrogens with zero attached hydrogens (tertiary/aromatic N) is 2. The van der Waals surface area contributed by atoms with Crippen LogP contribution < -0.4 is 21.5 Å². The van der Waals surface area contributed by atoms with Gasteiger partial charge in [0.05, 0.1) is 24.1 Å². The second-order valence-electron chi connectivity index (χ2n) is 6.96. The first-order valence-electron chi connectivity index (χ1n) is 10.5. The monoisotopic (exact) mass is 444 g/mol. The lowest BCUT2D eigenvalue weighted by atomic mass is 10.4. The molecule has 0 aliphatic heterocycles. The highest BCUT2D eigenvalue weighted by Gasteiger charge is 2.16. The predicted octanol–water partition coefficient (Wildman–Crippen LogP) is 4.06. The van der Waals surface area contributed by atoms with Gasteiger partial charge >= 0.3 is 0 Å². The van der Waals surface area contributed by atoms with Gasteiger partial charge in [-0.15, -0.1) is 0 Å². The highest BCUT2D eigenvalue weighted by molar-refractivity contribution is 7.73. The minimum absolute atomic E-state index is 0.514. The second-order valence-corrected chi connectivity index (χ2v) is 11.5. The van der Waals surface area contributed by atoms with Crippen LogP contribution >= 0.6 is 15.8 Å². The summed E-state index contributed by atoms with van der Waals surface area (Å²) < 4.78 is 6.16. The maximum absolute atomic E-state index is 6.16. The largest absolute Gasteiger partial charge is 0.381 e. The summed E-state index contributed by atoms with van der Waals surface area (Å²) in [5.74, 6) is 0. The van der Waals surface area contributed by atoms with Crippen LogP contribution in [-0.4, -0.2) is 35.5 Å². The molecule has 0 saturated carbocycles. The summed E-state index contributed by atoms with van der Waals surface area (Å²) in [6.07, 6.45) is 5.72. The molecule has 0 aliphatic carbocycles. The highest BCUT2D eigenvalue weighted by atomic mass is 31.1. The van der Waals surface area contributed by atoms with Crippen LogP contribution in [0.25, 0.3) is 0 Å². The van der Waals surface area contributed by atoms with Gasteiger partial charge in [0.1, 0.15) is 0 Å². The van der Waals surface area contributed by atoms with Crippen LogP contribution in [0.4, 0.5) is 0 Å². The lowest BCUT2D eigenvalue weighted by Gasteiger charge is -2.19. The fourth-order valence-corrected chi connectivity index (χ4v) is 7.54. The SMILES string of the molecule is c1ccc(P(CCOCCP(c2ccccc2)c2ccccn2)c2ccccn2)cc1. The first kappa shape index (κ1) is 21.8. The Kier molecular flexibility index (Phi) is 8.30. The molecule has 5 heteroatoms. The van der Waals surface area contributed by atoms with E-state index in [9.17, 15) is 0 Å². The third-order valence-electron chi connectivity index (χ3n) is 4.91. The van der Waals surface area contributed by atoms with E-state index < -0.39 is 15.8 Å². The summed E-state index contributed by atoms with van der Waals surface area (Å²) >= 11 is 0. The Morgan fingerprint density at radius 2 is 0.935 bits per heavy atom. The number of hydrogen-bond donors (Lipinski definition) is 0. The summed E-state index contributed by atoms with van der Waals surface area (Å²) in [5.41, 5.74) is 2.32. The van der Waals surface area contributed by atoms with Crippen molar-refractivity contribution in [2.45, 2.75) is 0 Å². The lowest BCUT2D eigenvalue weighted by molar-refractivity contribution is 0.166. The normalized spacial score (nSPS) is 12.9. The van der Waals surface area contributed by atoms with E-state index >= 15 is 0 Å². The van der Waals surface area contributed by atoms with E-state index in [4.69, 9.17) is 4.74 Å². The van der Waals surface area contributed by atoms with Crippen molar-refractivity contribution in [3.8, 4) is 0 Å². The minimum Gasteiger partial charge on any atom is -0.381 e. The Morgan fingerprint density at radius 1 is 0.516 bits per heavy atom. The first-order valence-corrected chi connectivity index (χ1v) is 13.5. The molecular weight excluding hydrogens is 418 g/mol. The number of pyridine rings is 2. The molecule has 0 saturated heterocycles. The van der Waals surface area contributed by atoms with Gasteiger partial charge in [-0.05, 0) is 50.7 Å². The van der Waals surface area contributed by atoms with Gasteiger partial charge in [-0.25, -0.2) is 0 Å². The maximum atomic E-state index is 6.16. The minimum atomic E-state index is -0.514. The standard InChI is InChI=1S/C26H26N2OP2/c1-3-11-23(12-4-1)30(25-15-7-9-17-27-25)21-19-29-20-22-31(24-13-5-2-6-14-24)26-16-8-10-18-28-26/h1-18H,19-22H2. The van der Waals surface area contributed by atoms with Crippen LogP contribution in [0, 0.1) is 0 Å². The van der Waals surface area contributed by atoms with Crippen LogP contribution in [-0.2, 0) is 4.74 Å². The van der Waals surface area contributed by atoms with Crippen molar-refractivity contribution in [3.63, 3.8) is 0 Å². The van der Waals surface area contributed by atoms with Gasteiger partial charge in [-0.1, -0.05) is 72.8 Å². The first-order chi connectivity index (χ1) is 15.4. The van der Waals surface area contributed by atoms with Crippen LogP contribution in [0.1, 0.15) is 0 Å². The molecule has 2 unspecified atom stereocenters. The molecular formula is C26H26N2OP2. The average molecular weight is 444 g/mol. The van der Waals surface area contributed by atoms with Crippen molar-refractivity contribution in [1.82, 2.24) is 9.97 Å². The smallest absolute Gasteiger partial charge is 0.0676 e. The van der Waals surface area contributed by atoms with E-state index in [0.29, 0.717) is 0 Å². The molecule has 3 nitrogen and oxygen atoms in total. The van der Waals surface area contributed by atoms with Crippen LogP contribution in [0.3, 0.4) is 0 Å². The van der Waals surface area contributed by atoms with Gasteiger partial charge in [0.25, 0.3) is 0 Å². The zero-order valence-corrected chi connectivity index (χ0v) is 19.2. The maximum Gasteiger partial charge on any atom is 0.0676 e. The van der Waals surface area contributed by atoms with Crippen molar-refractivity contribution in [2.24, 2.45) is 0 Å². The fourth-order valence-electron chi connectivity index (χ4n) is 3.41. The quantitative estimate of drug-likeness (QED) is 0.273. The van der Waals surface area contributed by atoms with Gasteiger partial charge in [-0.2, -0.15) is 0 Å². The van der Waals surface area contributed by atoms with Gasteiger partial charge in [-0.3, -0.25) is 9.97 Å². The Hall–Kier alpha value is -2.44. The van der Waals surface area contributed by atoms with Crippen molar-refractivity contribution in [1.29, 1.82) is 0 Å². The lowest BCUT2D eigenvalue weighted by Crippen LogP contribution is -2.21. The molecule has 0 spiro atoms. The van der Waals surface area contributed by atoms with Crippen LogP contribution in [0.2, 0.25) is 0 Å². The number of ether oxygens (including phenoxy) is 1. The van der Waals surface area contributed by atoms with Crippen LogP contribution in [0.5, 0.6) is 0 Å². The Balaban J connectivity index is 1.37. The predicted molar refractivity (Wildman–Crippen MR) is 134 cm³/mol. The Morgan fingerprint density at radius 3 is 1.32 bits per heavy atom. The van der Waals surface area contributed by atoms with E-state index in [0.717, 1.165) is 36.4 Å². The van der Waals surface area contributed by atoms with E-state index in [1.54, 1.807) is 0 Å². The molecule has 2 heterocycles. The molecule has 0 N–H and O–H groups in total. The van der Waals surface area contributed by atoms with E-state index in [1.807, 2.05) is 24.5 Å². The van der Waals surface area contributed by atoms with Crippen molar-refractivity contribution in [3.05, 3.63) is 109 Å². The molecule has 0 aliphatic rings. The van der Waals surface area contributed by atoms with Crippen LogP contribution in [0.15, 0.2) is 109 Å². The Labute approximate surface area is 187 Å². The summed E-state index contributed by atoms with van der Waals surface area (Å²) in [7, 11) is -1.03. The van der Waals surface area contributed by atoms with E-state index in [1.165, 1.54) is 10.6 Å². The molecule has 4 aromatic rings. The van der Waals surface area contributed by atoms with Crippen molar-refractivity contribution < 1.29 is 4.74 Å². The fraction of sp³-hybridized carbons (Fsp3) is 0.154. The van der Waals surface area contributed by atoms with E-state index in [2.05, 4.69) is 94.9 Å². The third kappa shape index (κ3) is 6.28. The molecule has 156 valence electrons. The summed E-state index contributed by atoms with van der Waals surface area (Å²) in [6.45, 7) is 1.47. The van der Waals surface area contributed by atoms with Gasteiger partial charge in [0.15, 0.2) is 0 Å². The summed E-state index contributed by atoms with van der Waals surface area (Å²) in [4.78, 5) is 9.26. The number of hydrogen-bond acceptors (Lipinski definition) is 3. The number of aromatic nitrogens is 2. The average Bonchev–Trinajstić information content (AvgIpc) is 2.86. The van der Waals surface area contributed by atoms with Gasteiger partial charge in [0, 0.05) is 24.7 Å². The third-order valence-corrected chi connectivity index (χ3v) is 9.64. The summed E-state index contributed by atoms with van der Waals surface area (Å²) in [6, 6.07) is 33.7. The molecule has 0 bridgehead atoms. The molecule has 2 aromatic heterocycles. The number of benzene rings is 2. The topological polar surface area (TPSA) is 35.0 Å². The zero-order chi connectivity index (χ0) is 21.1. The van der Waals surface area contributed by atoms with Gasteiger partial charge < -0.3 is 4.74 Å². The zero-order valence-electron chi connectivity index (χ0n) is 17.4. The van der Waals surface area contributed by atoms with E-state index in [-0.39, 0.29) is 0 Å². The molecule has 0 fully saturated rings. The van der Waals surface area contributed by atoms with Gasteiger partial charge in [0.2, 0.25) is 0 Å². The van der Waals surface area contributed by atoms with Crippen molar-refractivity contribution in [2.75, 3.05) is 25.5 Å². The molecule has 31 heavy (non-hydrogen) atoms. The van der Waals surface area contributed by atoms with Crippen molar-refractivity contribution >= 4 is 37.3 Å². The number of rotatable bonds is 10. The Bertz CT molecular complexity index is 854. The summed E-state index contributed by atoms with van der Waals surface area (Å²) in [5, 5.41) is 2.69. The molecule has 2 aromatic carbocycles. The molecule has 0 radical (unpaired) electrons. The molecule has 0 amide bonds. The second kappa shape index (κ2) is 11.8. The molecule has 4 rings (SSSR count). The highest BCUT2D eigenvalue weighted by Crippen LogP contribution is 2.33.